The van der Waals surface area contributed by atoms with E-state index in [0.29, 0.717) is 12.3 Å². The van der Waals surface area contributed by atoms with Crippen molar-refractivity contribution in [3.63, 3.8) is 0 Å². The van der Waals surface area contributed by atoms with Crippen molar-refractivity contribution in [2.45, 2.75) is 39.0 Å². The maximum absolute atomic E-state index is 13.3. The number of aromatic nitrogens is 1. The second-order valence-corrected chi connectivity index (χ2v) is 15.7. The van der Waals surface area contributed by atoms with Gasteiger partial charge >= 0.3 is 0 Å². The van der Waals surface area contributed by atoms with Crippen LogP contribution in [0.15, 0.2) is 36.0 Å². The molecule has 0 amide bonds. The van der Waals surface area contributed by atoms with E-state index in [4.69, 9.17) is 9.47 Å². The van der Waals surface area contributed by atoms with E-state index in [1.165, 1.54) is 5.56 Å². The first-order valence-corrected chi connectivity index (χ1v) is 15.2. The van der Waals surface area contributed by atoms with Crippen LogP contribution < -0.4 is 0 Å². The third kappa shape index (κ3) is 7.02. The number of carbonyl (C=O) groups excluding carboxylic acids is 1. The van der Waals surface area contributed by atoms with Crippen molar-refractivity contribution in [3.8, 4) is 6.07 Å². The number of hydrogen-bond acceptors (Lipinski definition) is 6. The predicted octanol–water partition coefficient (Wildman–Crippen LogP) is 3.94. The average molecular weight is 469 g/mol. The number of ketones is 1. The van der Waals surface area contributed by atoms with Gasteiger partial charge in [-0.25, -0.2) is 0 Å². The molecule has 0 spiro atoms. The van der Waals surface area contributed by atoms with Crippen molar-refractivity contribution in [1.29, 1.82) is 5.26 Å². The van der Waals surface area contributed by atoms with Crippen molar-refractivity contribution in [2.24, 2.45) is 0 Å². The molecule has 7 nitrogen and oxygen atoms in total. The lowest BCUT2D eigenvalue weighted by molar-refractivity contribution is 0.0342. The van der Waals surface area contributed by atoms with Crippen molar-refractivity contribution >= 4 is 24.8 Å². The molecule has 2 heterocycles. The largest absolute Gasteiger partial charge is 0.382 e. The lowest BCUT2D eigenvalue weighted by Crippen LogP contribution is -2.35. The van der Waals surface area contributed by atoms with Gasteiger partial charge in [0, 0.05) is 60.0 Å². The topological polar surface area (TPSA) is 70.7 Å². The zero-order valence-corrected chi connectivity index (χ0v) is 21.6. The Morgan fingerprint density at radius 1 is 1.24 bits per heavy atom. The quantitative estimate of drug-likeness (QED) is 0.173. The van der Waals surface area contributed by atoms with Crippen molar-refractivity contribution in [3.05, 3.63) is 47.3 Å². The lowest BCUT2D eigenvalue weighted by Gasteiger charge is -2.26. The summed E-state index contributed by atoms with van der Waals surface area (Å²) in [7, 11) is 2.39. The minimum Gasteiger partial charge on any atom is -0.382 e. The summed E-state index contributed by atoms with van der Waals surface area (Å²) in [4.78, 5) is 17.4. The molecule has 1 aliphatic rings. The van der Waals surface area contributed by atoms with Gasteiger partial charge in [-0.15, -0.1) is 0 Å². The summed E-state index contributed by atoms with van der Waals surface area (Å²) in [5.41, 5.74) is 2.74. The maximum Gasteiger partial charge on any atom is 0.221 e. The van der Waals surface area contributed by atoms with Crippen LogP contribution in [0.2, 0.25) is 25.7 Å². The first-order chi connectivity index (χ1) is 15.7. The van der Waals surface area contributed by atoms with Gasteiger partial charge in [0.2, 0.25) is 5.78 Å². The number of benzene rings is 1. The van der Waals surface area contributed by atoms with Crippen LogP contribution in [-0.2, 0) is 22.7 Å². The molecule has 1 aromatic carbocycles. The number of ether oxygens (including phenoxy) is 2. The van der Waals surface area contributed by atoms with E-state index >= 15 is 0 Å². The summed E-state index contributed by atoms with van der Waals surface area (Å²) >= 11 is 0. The summed E-state index contributed by atoms with van der Waals surface area (Å²) in [6, 6.07) is 11.3. The smallest absolute Gasteiger partial charge is 0.221 e. The normalized spacial score (nSPS) is 15.6. The SMILES string of the molecule is CN(C)/C=C(\C#N)C(=O)c1cc2ccc(CN3CCOCC3)cc2n1COCC[Si](C)(C)C. The number of nitriles is 1. The second-order valence-electron chi connectivity index (χ2n) is 10.0. The van der Waals surface area contributed by atoms with Crippen LogP contribution >= 0.6 is 0 Å². The average Bonchev–Trinajstić information content (AvgIpc) is 3.12. The molecule has 1 aliphatic heterocycles. The van der Waals surface area contributed by atoms with Crippen LogP contribution in [0.3, 0.4) is 0 Å². The van der Waals surface area contributed by atoms with Crippen molar-refractivity contribution in [1.82, 2.24) is 14.4 Å². The fourth-order valence-electron chi connectivity index (χ4n) is 3.81. The van der Waals surface area contributed by atoms with Gasteiger partial charge in [-0.05, 0) is 23.7 Å². The molecule has 0 bridgehead atoms. The number of rotatable bonds is 10. The minimum absolute atomic E-state index is 0.111. The van der Waals surface area contributed by atoms with Crippen LogP contribution in [-0.4, -0.2) is 75.2 Å². The van der Waals surface area contributed by atoms with Crippen LogP contribution in [0.1, 0.15) is 16.1 Å². The molecule has 8 heteroatoms. The third-order valence-corrected chi connectivity index (χ3v) is 7.38. The van der Waals surface area contributed by atoms with E-state index in [9.17, 15) is 10.1 Å². The standard InChI is InChI=1S/C25H36N4O3Si/c1-27(2)18-22(16-26)25(30)24-15-21-7-6-20(17-28-8-10-31-11-9-28)14-23(21)29(24)19-32-12-13-33(3,4)5/h6-7,14-15,18H,8-13,17,19H2,1-5H3/b22-18+. The van der Waals surface area contributed by atoms with Crippen LogP contribution in [0.25, 0.3) is 10.9 Å². The van der Waals surface area contributed by atoms with Gasteiger partial charge in [-0.3, -0.25) is 9.69 Å². The second kappa shape index (κ2) is 11.1. The predicted molar refractivity (Wildman–Crippen MR) is 134 cm³/mol. The molecular weight excluding hydrogens is 432 g/mol. The van der Waals surface area contributed by atoms with Gasteiger partial charge in [-0.1, -0.05) is 31.8 Å². The Labute approximate surface area is 198 Å². The van der Waals surface area contributed by atoms with Crippen molar-refractivity contribution < 1.29 is 14.3 Å². The molecule has 33 heavy (non-hydrogen) atoms. The van der Waals surface area contributed by atoms with E-state index < -0.39 is 8.07 Å². The van der Waals surface area contributed by atoms with Crippen LogP contribution in [0.5, 0.6) is 0 Å². The Morgan fingerprint density at radius 2 is 1.97 bits per heavy atom. The molecule has 178 valence electrons. The molecule has 1 fully saturated rings. The molecule has 0 N–H and O–H groups in total. The van der Waals surface area contributed by atoms with Gasteiger partial charge in [0.1, 0.15) is 18.4 Å². The Bertz CT molecular complexity index is 1040. The molecule has 1 aromatic heterocycles. The monoisotopic (exact) mass is 468 g/mol. The Balaban J connectivity index is 1.93. The fourth-order valence-corrected chi connectivity index (χ4v) is 4.57. The molecule has 0 aliphatic carbocycles. The number of hydrogen-bond donors (Lipinski definition) is 0. The highest BCUT2D eigenvalue weighted by Crippen LogP contribution is 2.25. The summed E-state index contributed by atoms with van der Waals surface area (Å²) in [6.07, 6.45) is 1.57. The number of allylic oxidation sites excluding steroid dienone is 1. The molecule has 0 unspecified atom stereocenters. The zero-order chi connectivity index (χ0) is 24.0. The van der Waals surface area contributed by atoms with E-state index in [1.54, 1.807) is 25.2 Å². The first-order valence-electron chi connectivity index (χ1n) is 11.5. The molecular formula is C25H36N4O3Si. The molecule has 0 radical (unpaired) electrons. The van der Waals surface area contributed by atoms with Gasteiger partial charge < -0.3 is 18.9 Å². The summed E-state index contributed by atoms with van der Waals surface area (Å²) in [5, 5.41) is 10.6. The number of morpholine rings is 1. The lowest BCUT2D eigenvalue weighted by atomic mass is 10.1. The number of Topliss-reactive ketones (excluding diaryl/α,β-unsaturated/α-hetero) is 1. The molecule has 0 atom stereocenters. The summed E-state index contributed by atoms with van der Waals surface area (Å²) in [5.74, 6) is -0.286. The van der Waals surface area contributed by atoms with Gasteiger partial charge in [0.05, 0.1) is 24.4 Å². The molecule has 2 aromatic rings. The van der Waals surface area contributed by atoms with Crippen LogP contribution in [0, 0.1) is 11.3 Å². The number of nitrogens with zero attached hydrogens (tertiary/aromatic N) is 4. The first kappa shape index (κ1) is 25.2. The minimum atomic E-state index is -1.22. The highest BCUT2D eigenvalue weighted by molar-refractivity contribution is 6.76. The van der Waals surface area contributed by atoms with Crippen LogP contribution in [0.4, 0.5) is 0 Å². The van der Waals surface area contributed by atoms with E-state index in [1.807, 2.05) is 10.6 Å². The Morgan fingerprint density at radius 3 is 2.61 bits per heavy atom. The van der Waals surface area contributed by atoms with E-state index in [0.717, 1.165) is 49.8 Å². The summed E-state index contributed by atoms with van der Waals surface area (Å²) < 4.78 is 13.4. The Hall–Kier alpha value is -2.44. The van der Waals surface area contributed by atoms with Gasteiger partial charge in [0.15, 0.2) is 0 Å². The number of fused-ring (bicyclic) bond motifs is 1. The fraction of sp³-hybridized carbons (Fsp3) is 0.520. The Kier molecular flexibility index (Phi) is 8.49. The number of carbonyl (C=O) groups is 1. The molecule has 1 saturated heterocycles. The molecule has 0 saturated carbocycles. The zero-order valence-electron chi connectivity index (χ0n) is 20.6. The molecule has 3 rings (SSSR count). The van der Waals surface area contributed by atoms with Crippen molar-refractivity contribution in [2.75, 3.05) is 47.0 Å². The highest BCUT2D eigenvalue weighted by atomic mass is 28.3. The van der Waals surface area contributed by atoms with Gasteiger partial charge in [-0.2, -0.15) is 5.26 Å². The highest BCUT2D eigenvalue weighted by Gasteiger charge is 2.21. The van der Waals surface area contributed by atoms with E-state index in [-0.39, 0.29) is 18.1 Å². The summed E-state index contributed by atoms with van der Waals surface area (Å²) in [6.45, 7) is 12.1. The maximum atomic E-state index is 13.3. The van der Waals surface area contributed by atoms with E-state index in [2.05, 4.69) is 48.8 Å². The third-order valence-electron chi connectivity index (χ3n) is 5.68. The van der Waals surface area contributed by atoms with Gasteiger partial charge in [0.25, 0.3) is 0 Å².